The fourth-order valence-electron chi connectivity index (χ4n) is 4.63. The summed E-state index contributed by atoms with van der Waals surface area (Å²) in [6, 6.07) is 4.12. The highest BCUT2D eigenvalue weighted by Crippen LogP contribution is 2.33. The normalized spacial score (nSPS) is 18.8. The van der Waals surface area contributed by atoms with Crippen LogP contribution in [0.5, 0.6) is 6.01 Å². The highest BCUT2D eigenvalue weighted by atomic mass is 16.5. The lowest BCUT2D eigenvalue weighted by atomic mass is 9.92. The van der Waals surface area contributed by atoms with Gasteiger partial charge in [0.1, 0.15) is 5.52 Å². The molecule has 0 amide bonds. The third-order valence-corrected chi connectivity index (χ3v) is 6.32. The van der Waals surface area contributed by atoms with Crippen LogP contribution in [0.15, 0.2) is 35.5 Å². The summed E-state index contributed by atoms with van der Waals surface area (Å²) in [5.41, 5.74) is 4.32. The Labute approximate surface area is 189 Å². The maximum Gasteiger partial charge on any atom is 0.329 e. The van der Waals surface area contributed by atoms with Crippen LogP contribution in [0.3, 0.4) is 0 Å². The minimum atomic E-state index is -0.0704. The zero-order valence-electron chi connectivity index (χ0n) is 18.6. The van der Waals surface area contributed by atoms with Gasteiger partial charge >= 0.3 is 11.7 Å². The number of aryl methyl sites for hydroxylation is 1. The molecule has 0 aromatic carbocycles. The average Bonchev–Trinajstić information content (AvgIpc) is 3.13. The number of hydrogen-bond acceptors (Lipinski definition) is 8. The van der Waals surface area contributed by atoms with E-state index in [0.717, 1.165) is 47.8 Å². The Kier molecular flexibility index (Phi) is 5.77. The molecule has 10 nitrogen and oxygen atoms in total. The summed E-state index contributed by atoms with van der Waals surface area (Å²) >= 11 is 0. The average molecular weight is 450 g/mol. The van der Waals surface area contributed by atoms with E-state index in [1.165, 1.54) is 7.11 Å². The highest BCUT2D eigenvalue weighted by molar-refractivity contribution is 6.00. The minimum absolute atomic E-state index is 0.0228. The molecule has 0 radical (unpaired) electrons. The van der Waals surface area contributed by atoms with Gasteiger partial charge in [0.25, 0.3) is 0 Å². The van der Waals surface area contributed by atoms with Gasteiger partial charge in [0.15, 0.2) is 0 Å². The zero-order chi connectivity index (χ0) is 22.9. The number of rotatable bonds is 6. The van der Waals surface area contributed by atoms with Crippen molar-refractivity contribution in [2.24, 2.45) is 7.05 Å². The number of aliphatic hydroxyl groups excluding tert-OH is 1. The van der Waals surface area contributed by atoms with E-state index in [1.807, 2.05) is 16.7 Å². The van der Waals surface area contributed by atoms with Crippen molar-refractivity contribution in [3.63, 3.8) is 0 Å². The molecule has 172 valence electrons. The van der Waals surface area contributed by atoms with Crippen LogP contribution >= 0.6 is 0 Å². The third-order valence-electron chi connectivity index (χ3n) is 6.32. The van der Waals surface area contributed by atoms with E-state index in [2.05, 4.69) is 15.0 Å². The second-order valence-electron chi connectivity index (χ2n) is 8.25. The molecular weight excluding hydrogens is 424 g/mol. The SMILES string of the molecule is COc1ncc(-c2ccc3ncc4c(c3n2)n([C@H]2CC[C@H](OCCO)CC2)c(=O)n4C)cn1. The summed E-state index contributed by atoms with van der Waals surface area (Å²) in [4.78, 5) is 31.1. The molecule has 1 aliphatic carbocycles. The summed E-state index contributed by atoms with van der Waals surface area (Å²) in [6.07, 6.45) is 8.53. The van der Waals surface area contributed by atoms with Gasteiger partial charge in [-0.15, -0.1) is 0 Å². The van der Waals surface area contributed by atoms with Gasteiger partial charge in [-0.1, -0.05) is 0 Å². The predicted molar refractivity (Wildman–Crippen MR) is 122 cm³/mol. The van der Waals surface area contributed by atoms with E-state index in [4.69, 9.17) is 19.6 Å². The van der Waals surface area contributed by atoms with E-state index in [-0.39, 0.29) is 24.4 Å². The lowest BCUT2D eigenvalue weighted by Gasteiger charge is -2.29. The second-order valence-corrected chi connectivity index (χ2v) is 8.25. The lowest BCUT2D eigenvalue weighted by Crippen LogP contribution is -2.31. The van der Waals surface area contributed by atoms with Gasteiger partial charge in [0.05, 0.1) is 54.9 Å². The Hall–Kier alpha value is -3.37. The summed E-state index contributed by atoms with van der Waals surface area (Å²) < 4.78 is 14.3. The first-order chi connectivity index (χ1) is 16.1. The number of aromatic nitrogens is 6. The van der Waals surface area contributed by atoms with E-state index in [0.29, 0.717) is 23.8 Å². The predicted octanol–water partition coefficient (Wildman–Crippen LogP) is 2.24. The Morgan fingerprint density at radius 3 is 2.55 bits per heavy atom. The number of pyridine rings is 2. The van der Waals surface area contributed by atoms with Crippen LogP contribution in [0.4, 0.5) is 0 Å². The minimum Gasteiger partial charge on any atom is -0.467 e. The molecule has 10 heteroatoms. The molecule has 5 rings (SSSR count). The fraction of sp³-hybridized carbons (Fsp3) is 0.435. The molecule has 0 saturated heterocycles. The van der Waals surface area contributed by atoms with Crippen molar-refractivity contribution in [3.8, 4) is 17.3 Å². The molecule has 0 bridgehead atoms. The van der Waals surface area contributed by atoms with Crippen LogP contribution in [0.1, 0.15) is 31.7 Å². The number of aliphatic hydroxyl groups is 1. The maximum absolute atomic E-state index is 13.3. The Bertz CT molecular complexity index is 1340. The first-order valence-electron chi connectivity index (χ1n) is 11.1. The summed E-state index contributed by atoms with van der Waals surface area (Å²) in [5.74, 6) is 0. The second kappa shape index (κ2) is 8.87. The van der Waals surface area contributed by atoms with Gasteiger partial charge in [0.2, 0.25) is 0 Å². The molecule has 4 aromatic rings. The fourth-order valence-corrected chi connectivity index (χ4v) is 4.63. The van der Waals surface area contributed by atoms with Crippen LogP contribution in [0, 0.1) is 0 Å². The molecule has 0 spiro atoms. The lowest BCUT2D eigenvalue weighted by molar-refractivity contribution is 0.00168. The number of methoxy groups -OCH3 is 1. The smallest absolute Gasteiger partial charge is 0.329 e. The maximum atomic E-state index is 13.3. The van der Waals surface area contributed by atoms with Crippen molar-refractivity contribution in [2.75, 3.05) is 20.3 Å². The molecule has 33 heavy (non-hydrogen) atoms. The van der Waals surface area contributed by atoms with E-state index in [1.54, 1.807) is 30.2 Å². The molecule has 1 fully saturated rings. The highest BCUT2D eigenvalue weighted by Gasteiger charge is 2.27. The Morgan fingerprint density at radius 2 is 1.85 bits per heavy atom. The van der Waals surface area contributed by atoms with Gasteiger partial charge in [-0.25, -0.2) is 19.7 Å². The molecule has 0 aliphatic heterocycles. The third kappa shape index (κ3) is 3.85. The number of hydrogen-bond donors (Lipinski definition) is 1. The summed E-state index contributed by atoms with van der Waals surface area (Å²) in [6.45, 7) is 0.372. The Balaban J connectivity index is 1.60. The number of imidazole rings is 1. The van der Waals surface area contributed by atoms with Crippen molar-refractivity contribution in [3.05, 3.63) is 41.2 Å². The number of ether oxygens (including phenoxy) is 2. The van der Waals surface area contributed by atoms with Crippen LogP contribution in [0.2, 0.25) is 0 Å². The number of nitrogens with zero attached hydrogens (tertiary/aromatic N) is 6. The molecule has 1 aliphatic rings. The molecule has 0 atom stereocenters. The van der Waals surface area contributed by atoms with Gasteiger partial charge in [-0.3, -0.25) is 14.1 Å². The van der Waals surface area contributed by atoms with Gasteiger partial charge in [-0.2, -0.15) is 0 Å². The van der Waals surface area contributed by atoms with Crippen molar-refractivity contribution < 1.29 is 14.6 Å². The van der Waals surface area contributed by atoms with Gasteiger partial charge in [0, 0.05) is 31.0 Å². The van der Waals surface area contributed by atoms with Crippen molar-refractivity contribution in [1.82, 2.24) is 29.1 Å². The van der Waals surface area contributed by atoms with Gasteiger partial charge < -0.3 is 14.6 Å². The summed E-state index contributed by atoms with van der Waals surface area (Å²) in [5, 5.41) is 9.02. The monoisotopic (exact) mass is 450 g/mol. The first-order valence-corrected chi connectivity index (χ1v) is 11.1. The molecule has 1 N–H and O–H groups in total. The van der Waals surface area contributed by atoms with Crippen LogP contribution in [-0.4, -0.2) is 60.6 Å². The molecule has 1 saturated carbocycles. The van der Waals surface area contributed by atoms with Crippen molar-refractivity contribution in [1.29, 1.82) is 0 Å². The topological polar surface area (TPSA) is 117 Å². The van der Waals surface area contributed by atoms with Crippen LogP contribution in [0.25, 0.3) is 33.3 Å². The largest absolute Gasteiger partial charge is 0.467 e. The standard InChI is InChI=1S/C23H26N6O4/c1-28-19-13-24-18-8-7-17(14-11-25-22(32-2)26-12-14)27-20(18)21(19)29(23(28)31)15-3-5-16(6-4-15)33-10-9-30/h7-8,11-13,15-16,30H,3-6,9-10H2,1-2H3/t15-,16-. The van der Waals surface area contributed by atoms with Crippen LogP contribution < -0.4 is 10.4 Å². The zero-order valence-corrected chi connectivity index (χ0v) is 18.6. The van der Waals surface area contributed by atoms with E-state index in [9.17, 15) is 4.79 Å². The van der Waals surface area contributed by atoms with E-state index < -0.39 is 0 Å². The van der Waals surface area contributed by atoms with Crippen LogP contribution in [-0.2, 0) is 11.8 Å². The Morgan fingerprint density at radius 1 is 1.09 bits per heavy atom. The summed E-state index contributed by atoms with van der Waals surface area (Å²) in [7, 11) is 3.29. The van der Waals surface area contributed by atoms with Crippen molar-refractivity contribution >= 4 is 22.1 Å². The molecular formula is C23H26N6O4. The van der Waals surface area contributed by atoms with Crippen molar-refractivity contribution in [2.45, 2.75) is 37.8 Å². The number of fused-ring (bicyclic) bond motifs is 3. The molecule has 0 unspecified atom stereocenters. The molecule has 4 aromatic heterocycles. The van der Waals surface area contributed by atoms with E-state index >= 15 is 0 Å². The quantitative estimate of drug-likeness (QED) is 0.475. The first kappa shape index (κ1) is 21.5. The molecule has 4 heterocycles. The van der Waals surface area contributed by atoms with Gasteiger partial charge in [-0.05, 0) is 37.8 Å².